The molecule has 0 spiro atoms. The van der Waals surface area contributed by atoms with Crippen LogP contribution in [0.2, 0.25) is 0 Å². The monoisotopic (exact) mass is 282 g/mol. The van der Waals surface area contributed by atoms with Crippen LogP contribution in [-0.4, -0.2) is 12.5 Å². The van der Waals surface area contributed by atoms with Crippen LogP contribution in [-0.2, 0) is 4.79 Å². The van der Waals surface area contributed by atoms with Gasteiger partial charge in [-0.05, 0) is 32.0 Å². The van der Waals surface area contributed by atoms with Gasteiger partial charge in [-0.2, -0.15) is 0 Å². The number of fused-ring (bicyclic) bond motifs is 1. The second-order valence-corrected chi connectivity index (χ2v) is 4.37. The number of rotatable bonds is 5. The number of carbonyl (C=O) groups is 1. The second kappa shape index (κ2) is 7.16. The Balaban J connectivity index is 0.00000180. The van der Waals surface area contributed by atoms with Gasteiger partial charge in [-0.1, -0.05) is 18.2 Å². The molecule has 2 rings (SSSR count). The summed E-state index contributed by atoms with van der Waals surface area (Å²) in [6.45, 7) is 2.45. The molecule has 3 N–H and O–H groups in total. The highest BCUT2D eigenvalue weighted by molar-refractivity contribution is 5.85. The Kier molecular flexibility index (Phi) is 5.86. The zero-order valence-electron chi connectivity index (χ0n) is 10.9. The van der Waals surface area contributed by atoms with Crippen LogP contribution in [0.4, 0.5) is 0 Å². The molecule has 5 heteroatoms. The zero-order valence-corrected chi connectivity index (χ0v) is 11.7. The van der Waals surface area contributed by atoms with Crippen LogP contribution in [0.1, 0.15) is 31.6 Å². The van der Waals surface area contributed by atoms with Crippen molar-refractivity contribution in [2.45, 2.75) is 25.8 Å². The van der Waals surface area contributed by atoms with Crippen LogP contribution in [0.25, 0.3) is 11.0 Å². The van der Waals surface area contributed by atoms with Crippen LogP contribution in [0, 0.1) is 0 Å². The van der Waals surface area contributed by atoms with Crippen LogP contribution in [0.15, 0.2) is 34.7 Å². The fourth-order valence-electron chi connectivity index (χ4n) is 1.86. The van der Waals surface area contributed by atoms with Gasteiger partial charge in [-0.25, -0.2) is 0 Å². The van der Waals surface area contributed by atoms with Crippen molar-refractivity contribution in [3.8, 4) is 0 Å². The topological polar surface area (TPSA) is 68.3 Å². The summed E-state index contributed by atoms with van der Waals surface area (Å²) in [5, 5.41) is 3.96. The normalized spacial score (nSPS) is 11.9. The molecule has 1 aromatic carbocycles. The molecule has 4 nitrogen and oxygen atoms in total. The Morgan fingerprint density at radius 3 is 2.84 bits per heavy atom. The molecule has 0 radical (unpaired) electrons. The van der Waals surface area contributed by atoms with Crippen molar-refractivity contribution in [3.63, 3.8) is 0 Å². The van der Waals surface area contributed by atoms with Crippen molar-refractivity contribution >= 4 is 29.3 Å². The van der Waals surface area contributed by atoms with Gasteiger partial charge in [0, 0.05) is 11.8 Å². The first-order valence-electron chi connectivity index (χ1n) is 6.18. The molecule has 0 bridgehead atoms. The lowest BCUT2D eigenvalue weighted by Crippen LogP contribution is -2.26. The fourth-order valence-corrected chi connectivity index (χ4v) is 1.86. The first kappa shape index (κ1) is 15.5. The molecule has 1 aromatic heterocycles. The molecule has 19 heavy (non-hydrogen) atoms. The Labute approximate surface area is 118 Å². The van der Waals surface area contributed by atoms with E-state index in [4.69, 9.17) is 10.2 Å². The van der Waals surface area contributed by atoms with Crippen molar-refractivity contribution in [3.05, 3.63) is 36.1 Å². The second-order valence-electron chi connectivity index (χ2n) is 4.37. The average Bonchev–Trinajstić information content (AvgIpc) is 2.80. The molecule has 0 fully saturated rings. The third kappa shape index (κ3) is 3.98. The lowest BCUT2D eigenvalue weighted by atomic mass is 10.2. The number of benzene rings is 1. The Bertz CT molecular complexity index is 506. The zero-order chi connectivity index (χ0) is 13.0. The summed E-state index contributed by atoms with van der Waals surface area (Å²) < 4.78 is 5.70. The van der Waals surface area contributed by atoms with Gasteiger partial charge in [0.2, 0.25) is 5.91 Å². The summed E-state index contributed by atoms with van der Waals surface area (Å²) in [7, 11) is 0. The number of nitrogens with one attached hydrogen (secondary N) is 1. The smallest absolute Gasteiger partial charge is 0.220 e. The molecule has 2 aromatic rings. The molecule has 0 saturated heterocycles. The van der Waals surface area contributed by atoms with Gasteiger partial charge in [0.05, 0.1) is 6.04 Å². The van der Waals surface area contributed by atoms with E-state index in [9.17, 15) is 4.79 Å². The minimum absolute atomic E-state index is 0. The van der Waals surface area contributed by atoms with E-state index in [1.165, 1.54) is 0 Å². The number of para-hydroxylation sites is 1. The van der Waals surface area contributed by atoms with Gasteiger partial charge >= 0.3 is 0 Å². The van der Waals surface area contributed by atoms with E-state index < -0.39 is 0 Å². The molecule has 1 heterocycles. The van der Waals surface area contributed by atoms with Gasteiger partial charge in [0.25, 0.3) is 0 Å². The van der Waals surface area contributed by atoms with E-state index in [0.717, 1.165) is 16.7 Å². The van der Waals surface area contributed by atoms with Crippen LogP contribution in [0.3, 0.4) is 0 Å². The maximum atomic E-state index is 11.6. The molecule has 1 amide bonds. The number of halogens is 1. The molecule has 0 aliphatic rings. The Hall–Kier alpha value is -1.52. The molecular formula is C14H19ClN2O2. The number of furan rings is 1. The summed E-state index contributed by atoms with van der Waals surface area (Å²) >= 11 is 0. The summed E-state index contributed by atoms with van der Waals surface area (Å²) in [5.74, 6) is 0.783. The number of carbonyl (C=O) groups excluding carboxylic acids is 1. The average molecular weight is 283 g/mol. The molecule has 1 atom stereocenters. The van der Waals surface area contributed by atoms with Crippen LogP contribution < -0.4 is 11.1 Å². The van der Waals surface area contributed by atoms with Gasteiger partial charge in [0.1, 0.15) is 11.3 Å². The first-order chi connectivity index (χ1) is 8.70. The van der Waals surface area contributed by atoms with Crippen molar-refractivity contribution < 1.29 is 9.21 Å². The largest absolute Gasteiger partial charge is 0.459 e. The number of amides is 1. The molecule has 104 valence electrons. The Morgan fingerprint density at radius 1 is 1.42 bits per heavy atom. The molecule has 0 aliphatic heterocycles. The highest BCUT2D eigenvalue weighted by Crippen LogP contribution is 2.23. The summed E-state index contributed by atoms with van der Waals surface area (Å²) in [6, 6.07) is 9.64. The Morgan fingerprint density at radius 2 is 2.16 bits per heavy atom. The van der Waals surface area contributed by atoms with Gasteiger partial charge in [-0.15, -0.1) is 12.4 Å². The van der Waals surface area contributed by atoms with Gasteiger partial charge in [0.15, 0.2) is 0 Å². The lowest BCUT2D eigenvalue weighted by Gasteiger charge is -2.10. The predicted molar refractivity (Wildman–Crippen MR) is 78.3 cm³/mol. The number of nitrogens with two attached hydrogens (primary N) is 1. The molecule has 0 saturated carbocycles. The molecule has 0 aliphatic carbocycles. The third-order valence-corrected chi connectivity index (χ3v) is 2.86. The van der Waals surface area contributed by atoms with Crippen molar-refractivity contribution in [1.29, 1.82) is 0 Å². The van der Waals surface area contributed by atoms with E-state index in [1.807, 2.05) is 37.3 Å². The number of hydrogen-bond donors (Lipinski definition) is 2. The minimum atomic E-state index is -0.123. The van der Waals surface area contributed by atoms with Crippen LogP contribution in [0.5, 0.6) is 0 Å². The van der Waals surface area contributed by atoms with Crippen molar-refractivity contribution in [2.75, 3.05) is 6.54 Å². The first-order valence-corrected chi connectivity index (χ1v) is 6.18. The van der Waals surface area contributed by atoms with Crippen molar-refractivity contribution in [2.24, 2.45) is 5.73 Å². The highest BCUT2D eigenvalue weighted by Gasteiger charge is 2.13. The maximum Gasteiger partial charge on any atom is 0.220 e. The van der Waals surface area contributed by atoms with Crippen molar-refractivity contribution in [1.82, 2.24) is 5.32 Å². The standard InChI is InChI=1S/C14H18N2O2.ClH/c1-10(16-14(17)7-4-8-15)13-9-11-5-2-3-6-12(11)18-13;/h2-3,5-6,9-10H,4,7-8,15H2,1H3,(H,16,17);1H. The fraction of sp³-hybridized carbons (Fsp3) is 0.357. The minimum Gasteiger partial charge on any atom is -0.459 e. The van der Waals surface area contributed by atoms with E-state index >= 15 is 0 Å². The third-order valence-electron chi connectivity index (χ3n) is 2.86. The SMILES string of the molecule is CC(NC(=O)CCCN)c1cc2ccccc2o1.Cl. The van der Waals surface area contributed by atoms with Gasteiger partial charge in [-0.3, -0.25) is 4.79 Å². The highest BCUT2D eigenvalue weighted by atomic mass is 35.5. The molecule has 1 unspecified atom stereocenters. The van der Waals surface area contributed by atoms with E-state index in [2.05, 4.69) is 5.32 Å². The van der Waals surface area contributed by atoms with Gasteiger partial charge < -0.3 is 15.5 Å². The summed E-state index contributed by atoms with van der Waals surface area (Å²) in [6.07, 6.45) is 1.17. The molecular weight excluding hydrogens is 264 g/mol. The summed E-state index contributed by atoms with van der Waals surface area (Å²) in [5.41, 5.74) is 6.21. The van der Waals surface area contributed by atoms with E-state index in [1.54, 1.807) is 0 Å². The number of hydrogen-bond acceptors (Lipinski definition) is 3. The lowest BCUT2D eigenvalue weighted by molar-refractivity contribution is -0.121. The van der Waals surface area contributed by atoms with Crippen LogP contribution >= 0.6 is 12.4 Å². The maximum absolute atomic E-state index is 11.6. The quantitative estimate of drug-likeness (QED) is 0.886. The predicted octanol–water partition coefficient (Wildman–Crippen LogP) is 2.77. The van der Waals surface area contributed by atoms with E-state index in [-0.39, 0.29) is 24.4 Å². The van der Waals surface area contributed by atoms with E-state index in [0.29, 0.717) is 19.4 Å². The summed E-state index contributed by atoms with van der Waals surface area (Å²) in [4.78, 5) is 11.6.